The Hall–Kier alpha value is -0.570. The molecule has 0 unspecified atom stereocenters. The van der Waals surface area contributed by atoms with Crippen LogP contribution in [0.2, 0.25) is 0 Å². The van der Waals surface area contributed by atoms with Crippen molar-refractivity contribution in [1.82, 2.24) is 10.2 Å². The first kappa shape index (κ1) is 14.4. The second kappa shape index (κ2) is 6.11. The highest BCUT2D eigenvalue weighted by atomic mass is 16.2. The van der Waals surface area contributed by atoms with Gasteiger partial charge >= 0.3 is 0 Å². The van der Waals surface area contributed by atoms with E-state index in [0.717, 1.165) is 13.0 Å². The fraction of sp³-hybridized carbons (Fsp3) is 0.917. The first-order valence-electron chi connectivity index (χ1n) is 5.81. The van der Waals surface area contributed by atoms with Crippen LogP contribution >= 0.6 is 0 Å². The Labute approximate surface area is 94.2 Å². The van der Waals surface area contributed by atoms with Crippen LogP contribution in [0.4, 0.5) is 0 Å². The second-order valence-corrected chi connectivity index (χ2v) is 4.98. The monoisotopic (exact) mass is 214 g/mol. The van der Waals surface area contributed by atoms with Crippen molar-refractivity contribution in [2.45, 2.75) is 59.0 Å². The van der Waals surface area contributed by atoms with Crippen molar-refractivity contribution in [3.8, 4) is 0 Å². The van der Waals surface area contributed by atoms with E-state index < -0.39 is 0 Å². The molecule has 0 aromatic carbocycles. The highest BCUT2D eigenvalue weighted by Crippen LogP contribution is 2.16. The molecule has 0 aliphatic heterocycles. The molecule has 0 fully saturated rings. The van der Waals surface area contributed by atoms with Gasteiger partial charge in [0.2, 0.25) is 5.91 Å². The molecule has 0 spiro atoms. The van der Waals surface area contributed by atoms with Gasteiger partial charge < -0.3 is 10.2 Å². The summed E-state index contributed by atoms with van der Waals surface area (Å²) in [6.07, 6.45) is 1.56. The van der Waals surface area contributed by atoms with Crippen molar-refractivity contribution in [1.29, 1.82) is 0 Å². The smallest absolute Gasteiger partial charge is 0.224 e. The van der Waals surface area contributed by atoms with E-state index in [1.54, 1.807) is 0 Å². The number of amides is 1. The van der Waals surface area contributed by atoms with Crippen LogP contribution in [0.25, 0.3) is 0 Å². The molecular weight excluding hydrogens is 188 g/mol. The van der Waals surface area contributed by atoms with Crippen LogP contribution in [0.3, 0.4) is 0 Å². The summed E-state index contributed by atoms with van der Waals surface area (Å²) in [7, 11) is 1.89. The van der Waals surface area contributed by atoms with Crippen LogP contribution in [0.15, 0.2) is 0 Å². The van der Waals surface area contributed by atoms with Crippen molar-refractivity contribution in [2.24, 2.45) is 0 Å². The fourth-order valence-electron chi connectivity index (χ4n) is 1.21. The van der Waals surface area contributed by atoms with Gasteiger partial charge in [-0.25, -0.2) is 0 Å². The highest BCUT2D eigenvalue weighted by molar-refractivity contribution is 5.76. The lowest BCUT2D eigenvalue weighted by molar-refractivity contribution is -0.134. The van der Waals surface area contributed by atoms with Gasteiger partial charge in [-0.3, -0.25) is 4.79 Å². The van der Waals surface area contributed by atoms with Gasteiger partial charge in [-0.05, 0) is 20.3 Å². The van der Waals surface area contributed by atoms with Crippen LogP contribution in [0, 0.1) is 0 Å². The molecule has 0 saturated heterocycles. The van der Waals surface area contributed by atoms with Gasteiger partial charge in [0.25, 0.3) is 0 Å². The van der Waals surface area contributed by atoms with Gasteiger partial charge in [0.1, 0.15) is 0 Å². The predicted octanol–water partition coefficient (Wildman–Crippen LogP) is 2.02. The van der Waals surface area contributed by atoms with Gasteiger partial charge in [-0.1, -0.05) is 20.8 Å². The van der Waals surface area contributed by atoms with Gasteiger partial charge in [-0.15, -0.1) is 0 Å². The SMILES string of the molecule is CCC(C)(C)N(C)C(=O)CCNC(C)C. The molecule has 0 aromatic heterocycles. The van der Waals surface area contributed by atoms with Crippen LogP contribution in [0.1, 0.15) is 47.5 Å². The Morgan fingerprint density at radius 1 is 1.40 bits per heavy atom. The van der Waals surface area contributed by atoms with Crippen molar-refractivity contribution in [3.05, 3.63) is 0 Å². The van der Waals surface area contributed by atoms with Crippen LogP contribution in [0.5, 0.6) is 0 Å². The molecule has 0 heterocycles. The minimum atomic E-state index is -0.0328. The Balaban J connectivity index is 4.00. The molecule has 15 heavy (non-hydrogen) atoms. The maximum Gasteiger partial charge on any atom is 0.224 e. The van der Waals surface area contributed by atoms with E-state index in [1.165, 1.54) is 0 Å². The lowest BCUT2D eigenvalue weighted by Crippen LogP contribution is -2.45. The normalized spacial score (nSPS) is 11.9. The number of nitrogens with one attached hydrogen (secondary N) is 1. The Bertz CT molecular complexity index is 200. The molecular formula is C12H26N2O. The van der Waals surface area contributed by atoms with Gasteiger partial charge in [0, 0.05) is 31.6 Å². The van der Waals surface area contributed by atoms with E-state index in [2.05, 4.69) is 39.9 Å². The average molecular weight is 214 g/mol. The van der Waals surface area contributed by atoms with Crippen molar-refractivity contribution in [3.63, 3.8) is 0 Å². The Morgan fingerprint density at radius 3 is 2.33 bits per heavy atom. The number of hydrogen-bond acceptors (Lipinski definition) is 2. The van der Waals surface area contributed by atoms with Crippen LogP contribution in [-0.4, -0.2) is 36.0 Å². The third-order valence-corrected chi connectivity index (χ3v) is 3.04. The largest absolute Gasteiger partial charge is 0.341 e. The fourth-order valence-corrected chi connectivity index (χ4v) is 1.21. The highest BCUT2D eigenvalue weighted by Gasteiger charge is 2.24. The molecule has 1 amide bonds. The standard InChI is InChI=1S/C12H26N2O/c1-7-12(4,5)14(6)11(15)8-9-13-10(2)3/h10,13H,7-9H2,1-6H3. The third-order valence-electron chi connectivity index (χ3n) is 3.04. The van der Waals surface area contributed by atoms with Gasteiger partial charge in [0.15, 0.2) is 0 Å². The number of nitrogens with zero attached hydrogens (tertiary/aromatic N) is 1. The molecule has 0 aliphatic rings. The second-order valence-electron chi connectivity index (χ2n) is 4.98. The molecule has 0 atom stereocenters. The summed E-state index contributed by atoms with van der Waals surface area (Å²) in [4.78, 5) is 13.7. The zero-order valence-electron chi connectivity index (χ0n) is 11.1. The quantitative estimate of drug-likeness (QED) is 0.733. The van der Waals surface area contributed by atoms with E-state index in [1.807, 2.05) is 11.9 Å². The Kier molecular flexibility index (Phi) is 5.88. The van der Waals surface area contributed by atoms with Gasteiger partial charge in [0.05, 0.1) is 0 Å². The molecule has 0 radical (unpaired) electrons. The molecule has 0 saturated carbocycles. The summed E-state index contributed by atoms with van der Waals surface area (Å²) in [5.41, 5.74) is -0.0328. The van der Waals surface area contributed by atoms with E-state index >= 15 is 0 Å². The number of carbonyl (C=O) groups excluding carboxylic acids is 1. The first-order chi connectivity index (χ1) is 6.81. The number of rotatable bonds is 6. The van der Waals surface area contributed by atoms with E-state index in [4.69, 9.17) is 0 Å². The Morgan fingerprint density at radius 2 is 1.93 bits per heavy atom. The predicted molar refractivity (Wildman–Crippen MR) is 64.9 cm³/mol. The van der Waals surface area contributed by atoms with Crippen molar-refractivity contribution >= 4 is 5.91 Å². The number of carbonyl (C=O) groups is 1. The maximum absolute atomic E-state index is 11.8. The summed E-state index contributed by atoms with van der Waals surface area (Å²) >= 11 is 0. The molecule has 1 N–H and O–H groups in total. The van der Waals surface area contributed by atoms with E-state index in [-0.39, 0.29) is 11.4 Å². The van der Waals surface area contributed by atoms with Crippen molar-refractivity contribution in [2.75, 3.05) is 13.6 Å². The number of hydrogen-bond donors (Lipinski definition) is 1. The average Bonchev–Trinajstić information content (AvgIpc) is 2.15. The van der Waals surface area contributed by atoms with Crippen molar-refractivity contribution < 1.29 is 4.79 Å². The van der Waals surface area contributed by atoms with E-state index in [0.29, 0.717) is 12.5 Å². The molecule has 0 rings (SSSR count). The van der Waals surface area contributed by atoms with E-state index in [9.17, 15) is 4.79 Å². The van der Waals surface area contributed by atoms with Gasteiger partial charge in [-0.2, -0.15) is 0 Å². The van der Waals surface area contributed by atoms with Crippen LogP contribution < -0.4 is 5.32 Å². The van der Waals surface area contributed by atoms with Crippen LogP contribution in [-0.2, 0) is 4.79 Å². The minimum Gasteiger partial charge on any atom is -0.341 e. The third kappa shape index (κ3) is 5.17. The molecule has 3 nitrogen and oxygen atoms in total. The molecule has 90 valence electrons. The topological polar surface area (TPSA) is 32.3 Å². The zero-order valence-corrected chi connectivity index (χ0v) is 11.1. The summed E-state index contributed by atoms with van der Waals surface area (Å²) in [6, 6.07) is 0.447. The molecule has 0 aliphatic carbocycles. The first-order valence-corrected chi connectivity index (χ1v) is 5.81. The summed E-state index contributed by atoms with van der Waals surface area (Å²) in [5, 5.41) is 3.25. The summed E-state index contributed by atoms with van der Waals surface area (Å²) < 4.78 is 0. The maximum atomic E-state index is 11.8. The molecule has 0 bridgehead atoms. The minimum absolute atomic E-state index is 0.0328. The molecule has 3 heteroatoms. The summed E-state index contributed by atoms with van der Waals surface area (Å²) in [6.45, 7) is 11.2. The molecule has 0 aromatic rings. The lowest BCUT2D eigenvalue weighted by Gasteiger charge is -2.35. The zero-order chi connectivity index (χ0) is 12.1. The lowest BCUT2D eigenvalue weighted by atomic mass is 9.99. The summed E-state index contributed by atoms with van der Waals surface area (Å²) in [5.74, 6) is 0.218.